The van der Waals surface area contributed by atoms with E-state index in [1.165, 1.54) is 0 Å². The fraction of sp³-hybridized carbons (Fsp3) is 0.889. The van der Waals surface area contributed by atoms with Gasteiger partial charge in [-0.25, -0.2) is 8.42 Å². The summed E-state index contributed by atoms with van der Waals surface area (Å²) in [5.41, 5.74) is 5.47. The van der Waals surface area contributed by atoms with Crippen molar-refractivity contribution in [2.24, 2.45) is 11.7 Å². The van der Waals surface area contributed by atoms with Gasteiger partial charge >= 0.3 is 5.97 Å². The van der Waals surface area contributed by atoms with E-state index in [-0.39, 0.29) is 18.1 Å². The molecule has 6 heteroatoms. The second-order valence-electron chi connectivity index (χ2n) is 4.05. The van der Waals surface area contributed by atoms with Gasteiger partial charge in [0.25, 0.3) is 0 Å². The van der Waals surface area contributed by atoms with Crippen molar-refractivity contribution in [2.75, 3.05) is 18.6 Å². The molecule has 0 aliphatic rings. The lowest BCUT2D eigenvalue weighted by molar-refractivity contribution is -0.146. The molecule has 0 saturated carbocycles. The van der Waals surface area contributed by atoms with Gasteiger partial charge in [0.2, 0.25) is 0 Å². The number of esters is 1. The fourth-order valence-electron chi connectivity index (χ4n) is 0.815. The van der Waals surface area contributed by atoms with Crippen molar-refractivity contribution in [3.8, 4) is 0 Å². The molecule has 1 atom stereocenters. The molecule has 2 N–H and O–H groups in total. The standard InChI is InChI=1S/C9H19NO4S/c1-7(2)6-14-9(11)8(10)4-5-15(3,12)13/h7-8H,4-6,10H2,1-3H3. The fourth-order valence-corrected chi connectivity index (χ4v) is 1.50. The van der Waals surface area contributed by atoms with E-state index in [1.54, 1.807) is 0 Å². The maximum absolute atomic E-state index is 11.2. The van der Waals surface area contributed by atoms with Gasteiger partial charge < -0.3 is 10.5 Å². The van der Waals surface area contributed by atoms with E-state index >= 15 is 0 Å². The summed E-state index contributed by atoms with van der Waals surface area (Å²) in [5.74, 6) is -0.381. The number of hydrogen-bond acceptors (Lipinski definition) is 5. The Morgan fingerprint density at radius 1 is 1.40 bits per heavy atom. The molecule has 0 aliphatic carbocycles. The first-order chi connectivity index (χ1) is 6.72. The maximum atomic E-state index is 11.2. The molecule has 0 saturated heterocycles. The zero-order chi connectivity index (χ0) is 12.1. The maximum Gasteiger partial charge on any atom is 0.322 e. The summed E-state index contributed by atoms with van der Waals surface area (Å²) in [6.45, 7) is 4.13. The second kappa shape index (κ2) is 6.07. The zero-order valence-corrected chi connectivity index (χ0v) is 10.2. The quantitative estimate of drug-likeness (QED) is 0.654. The highest BCUT2D eigenvalue weighted by molar-refractivity contribution is 7.90. The van der Waals surface area contributed by atoms with E-state index in [1.807, 2.05) is 13.8 Å². The number of sulfone groups is 1. The predicted octanol–water partition coefficient (Wildman–Crippen LogP) is -0.0524. The van der Waals surface area contributed by atoms with Crippen molar-refractivity contribution < 1.29 is 17.9 Å². The van der Waals surface area contributed by atoms with Gasteiger partial charge in [0.15, 0.2) is 0 Å². The largest absolute Gasteiger partial charge is 0.464 e. The summed E-state index contributed by atoms with van der Waals surface area (Å²) in [5, 5.41) is 0. The minimum Gasteiger partial charge on any atom is -0.464 e. The number of ether oxygens (including phenoxy) is 1. The molecule has 0 rings (SSSR count). The number of carbonyl (C=O) groups is 1. The van der Waals surface area contributed by atoms with Crippen molar-refractivity contribution in [1.82, 2.24) is 0 Å². The predicted molar refractivity (Wildman–Crippen MR) is 58.1 cm³/mol. The Labute approximate surface area is 90.9 Å². The molecule has 0 aromatic carbocycles. The van der Waals surface area contributed by atoms with E-state index in [9.17, 15) is 13.2 Å². The third-order valence-corrected chi connectivity index (χ3v) is 2.64. The highest BCUT2D eigenvalue weighted by Crippen LogP contribution is 1.99. The summed E-state index contributed by atoms with van der Waals surface area (Å²) in [6.07, 6.45) is 1.22. The van der Waals surface area contributed by atoms with E-state index in [0.717, 1.165) is 6.26 Å². The smallest absolute Gasteiger partial charge is 0.322 e. The third kappa shape index (κ3) is 8.38. The molecule has 0 heterocycles. The van der Waals surface area contributed by atoms with Crippen molar-refractivity contribution in [2.45, 2.75) is 26.3 Å². The molecule has 90 valence electrons. The minimum atomic E-state index is -3.07. The summed E-state index contributed by atoms with van der Waals surface area (Å²) in [6, 6.07) is -0.849. The molecule has 15 heavy (non-hydrogen) atoms. The van der Waals surface area contributed by atoms with Crippen molar-refractivity contribution in [3.05, 3.63) is 0 Å². The van der Waals surface area contributed by atoms with Gasteiger partial charge in [0.1, 0.15) is 15.9 Å². The third-order valence-electron chi connectivity index (χ3n) is 1.66. The Morgan fingerprint density at radius 3 is 2.33 bits per heavy atom. The van der Waals surface area contributed by atoms with Crippen LogP contribution in [-0.4, -0.2) is 39.0 Å². The van der Waals surface area contributed by atoms with Gasteiger partial charge in [0.05, 0.1) is 12.4 Å². The summed E-state index contributed by atoms with van der Waals surface area (Å²) in [7, 11) is -3.07. The average molecular weight is 237 g/mol. The van der Waals surface area contributed by atoms with E-state index in [4.69, 9.17) is 10.5 Å². The highest BCUT2D eigenvalue weighted by Gasteiger charge is 2.17. The Bertz CT molecular complexity index is 297. The molecule has 0 spiro atoms. The number of hydrogen-bond donors (Lipinski definition) is 1. The van der Waals surface area contributed by atoms with Crippen molar-refractivity contribution in [3.63, 3.8) is 0 Å². The second-order valence-corrected chi connectivity index (χ2v) is 6.31. The van der Waals surface area contributed by atoms with Gasteiger partial charge in [-0.2, -0.15) is 0 Å². The molecule has 0 radical (unpaired) electrons. The lowest BCUT2D eigenvalue weighted by atomic mass is 10.2. The van der Waals surface area contributed by atoms with Crippen molar-refractivity contribution >= 4 is 15.8 Å². The van der Waals surface area contributed by atoms with Crippen LogP contribution in [0.25, 0.3) is 0 Å². The molecular weight excluding hydrogens is 218 g/mol. The molecule has 0 aliphatic heterocycles. The topological polar surface area (TPSA) is 86.5 Å². The Balaban J connectivity index is 3.90. The number of rotatable bonds is 6. The van der Waals surface area contributed by atoms with Crippen LogP contribution in [0, 0.1) is 5.92 Å². The molecule has 0 fully saturated rings. The van der Waals surface area contributed by atoms with Gasteiger partial charge in [-0.1, -0.05) is 13.8 Å². The summed E-state index contributed by atoms with van der Waals surface area (Å²) < 4.78 is 26.5. The minimum absolute atomic E-state index is 0.0923. The van der Waals surface area contributed by atoms with Crippen LogP contribution in [0.4, 0.5) is 0 Å². The Hall–Kier alpha value is -0.620. The van der Waals surface area contributed by atoms with Crippen LogP contribution >= 0.6 is 0 Å². The van der Waals surface area contributed by atoms with Crippen LogP contribution < -0.4 is 5.73 Å². The van der Waals surface area contributed by atoms with Gasteiger partial charge in [-0.05, 0) is 12.3 Å². The molecule has 0 aromatic heterocycles. The average Bonchev–Trinajstić information content (AvgIpc) is 2.08. The van der Waals surface area contributed by atoms with Gasteiger partial charge in [-0.15, -0.1) is 0 Å². The summed E-state index contributed by atoms with van der Waals surface area (Å²) >= 11 is 0. The first kappa shape index (κ1) is 14.4. The zero-order valence-electron chi connectivity index (χ0n) is 9.39. The Morgan fingerprint density at radius 2 is 1.93 bits per heavy atom. The van der Waals surface area contributed by atoms with Gasteiger partial charge in [-0.3, -0.25) is 4.79 Å². The number of nitrogens with two attached hydrogens (primary N) is 1. The first-order valence-electron chi connectivity index (χ1n) is 4.82. The van der Waals surface area contributed by atoms with Crippen LogP contribution in [-0.2, 0) is 19.4 Å². The normalized spacial score (nSPS) is 13.9. The molecular formula is C9H19NO4S. The number of carbonyl (C=O) groups excluding carboxylic acids is 1. The van der Waals surface area contributed by atoms with Crippen LogP contribution in [0.1, 0.15) is 20.3 Å². The van der Waals surface area contributed by atoms with Crippen LogP contribution in [0.5, 0.6) is 0 Å². The van der Waals surface area contributed by atoms with E-state index in [0.29, 0.717) is 6.61 Å². The lowest BCUT2D eigenvalue weighted by Crippen LogP contribution is -2.34. The molecule has 1 unspecified atom stereocenters. The van der Waals surface area contributed by atoms with Crippen molar-refractivity contribution in [1.29, 1.82) is 0 Å². The molecule has 0 amide bonds. The Kier molecular flexibility index (Phi) is 5.82. The summed E-state index contributed by atoms with van der Waals surface area (Å²) in [4.78, 5) is 11.2. The van der Waals surface area contributed by atoms with E-state index < -0.39 is 21.8 Å². The monoisotopic (exact) mass is 237 g/mol. The van der Waals surface area contributed by atoms with Crippen LogP contribution in [0.3, 0.4) is 0 Å². The van der Waals surface area contributed by atoms with Gasteiger partial charge in [0, 0.05) is 6.26 Å². The van der Waals surface area contributed by atoms with Crippen LogP contribution in [0.15, 0.2) is 0 Å². The highest BCUT2D eigenvalue weighted by atomic mass is 32.2. The van der Waals surface area contributed by atoms with E-state index in [2.05, 4.69) is 0 Å². The first-order valence-corrected chi connectivity index (χ1v) is 6.88. The molecule has 0 bridgehead atoms. The van der Waals surface area contributed by atoms with Crippen LogP contribution in [0.2, 0.25) is 0 Å². The molecule has 5 nitrogen and oxygen atoms in total. The molecule has 0 aromatic rings. The SMILES string of the molecule is CC(C)COC(=O)C(N)CCS(C)(=O)=O. The lowest BCUT2D eigenvalue weighted by Gasteiger charge is -2.12.